The Hall–Kier alpha value is -0.900. The number of ether oxygens (including phenoxy) is 1. The number of ketones is 1. The second-order valence-electron chi connectivity index (χ2n) is 3.64. The molecular formula is C10H19NO3. The minimum atomic E-state index is -0.371. The largest absolute Gasteiger partial charge is 0.468 e. The lowest BCUT2D eigenvalue weighted by Crippen LogP contribution is -2.41. The van der Waals surface area contributed by atoms with Gasteiger partial charge in [-0.1, -0.05) is 13.8 Å². The van der Waals surface area contributed by atoms with Crippen LogP contribution in [0.15, 0.2) is 0 Å². The topological polar surface area (TPSA) is 55.4 Å². The number of esters is 1. The Balaban J connectivity index is 4.10. The highest BCUT2D eigenvalue weighted by atomic mass is 16.5. The maximum Gasteiger partial charge on any atom is 0.322 e. The van der Waals surface area contributed by atoms with Crippen molar-refractivity contribution >= 4 is 11.8 Å². The quantitative estimate of drug-likeness (QED) is 0.648. The minimum Gasteiger partial charge on any atom is -0.468 e. The average molecular weight is 201 g/mol. The van der Waals surface area contributed by atoms with Crippen LogP contribution in [0, 0.1) is 0 Å². The fraction of sp³-hybridized carbons (Fsp3) is 0.800. The second kappa shape index (κ2) is 6.54. The van der Waals surface area contributed by atoms with Crippen molar-refractivity contribution in [1.29, 1.82) is 0 Å². The third kappa shape index (κ3) is 5.70. The lowest BCUT2D eigenvalue weighted by atomic mass is 10.1. The van der Waals surface area contributed by atoms with Gasteiger partial charge in [-0.2, -0.15) is 0 Å². The molecule has 0 rings (SSSR count). The van der Waals surface area contributed by atoms with Crippen molar-refractivity contribution in [2.45, 2.75) is 45.7 Å². The molecule has 4 nitrogen and oxygen atoms in total. The van der Waals surface area contributed by atoms with Crippen LogP contribution in [0.5, 0.6) is 0 Å². The molecule has 0 aliphatic heterocycles. The number of methoxy groups -OCH3 is 1. The van der Waals surface area contributed by atoms with Crippen LogP contribution >= 0.6 is 0 Å². The molecular weight excluding hydrogens is 182 g/mol. The van der Waals surface area contributed by atoms with E-state index >= 15 is 0 Å². The van der Waals surface area contributed by atoms with Crippen LogP contribution in [0.1, 0.15) is 33.6 Å². The zero-order chi connectivity index (χ0) is 11.1. The van der Waals surface area contributed by atoms with Crippen molar-refractivity contribution in [3.8, 4) is 0 Å². The predicted octanol–water partition coefficient (Wildman–Crippen LogP) is 0.895. The summed E-state index contributed by atoms with van der Waals surface area (Å²) in [6, 6.07) is -0.171. The van der Waals surface area contributed by atoms with E-state index in [9.17, 15) is 9.59 Å². The molecule has 0 aliphatic rings. The zero-order valence-electron chi connectivity index (χ0n) is 9.29. The van der Waals surface area contributed by atoms with Crippen molar-refractivity contribution < 1.29 is 14.3 Å². The summed E-state index contributed by atoms with van der Waals surface area (Å²) in [5, 5.41) is 3.06. The molecule has 0 heterocycles. The third-order valence-electron chi connectivity index (χ3n) is 1.81. The normalized spacial score (nSPS) is 12.6. The highest BCUT2D eigenvalue weighted by molar-refractivity contribution is 5.79. The van der Waals surface area contributed by atoms with Gasteiger partial charge >= 0.3 is 5.97 Å². The van der Waals surface area contributed by atoms with Gasteiger partial charge in [-0.25, -0.2) is 0 Å². The Morgan fingerprint density at radius 3 is 2.29 bits per heavy atom. The Morgan fingerprint density at radius 2 is 1.93 bits per heavy atom. The molecule has 0 saturated carbocycles. The Bertz CT molecular complexity index is 202. The number of hydrogen-bond acceptors (Lipinski definition) is 4. The maximum atomic E-state index is 11.3. The first kappa shape index (κ1) is 13.1. The number of carbonyl (C=O) groups is 2. The summed E-state index contributed by atoms with van der Waals surface area (Å²) in [5.41, 5.74) is 0. The standard InChI is InChI=1S/C10H19NO3/c1-7(2)11-9(10(13)14-4)6-5-8(3)12/h7,9,11H,5-6H2,1-4H3/t9-/m1/s1. The van der Waals surface area contributed by atoms with Crippen molar-refractivity contribution in [3.63, 3.8) is 0 Å². The highest BCUT2D eigenvalue weighted by Crippen LogP contribution is 2.01. The minimum absolute atomic E-state index is 0.0875. The number of hydrogen-bond donors (Lipinski definition) is 1. The third-order valence-corrected chi connectivity index (χ3v) is 1.81. The highest BCUT2D eigenvalue weighted by Gasteiger charge is 2.19. The van der Waals surface area contributed by atoms with Crippen molar-refractivity contribution in [2.24, 2.45) is 0 Å². The molecule has 0 aliphatic carbocycles. The molecule has 1 atom stereocenters. The van der Waals surface area contributed by atoms with Gasteiger partial charge in [0.15, 0.2) is 0 Å². The van der Waals surface area contributed by atoms with Gasteiger partial charge in [0, 0.05) is 12.5 Å². The van der Waals surface area contributed by atoms with Crippen LogP contribution in [0.4, 0.5) is 0 Å². The number of nitrogens with one attached hydrogen (secondary N) is 1. The monoisotopic (exact) mass is 201 g/mol. The van der Waals surface area contributed by atoms with Crippen molar-refractivity contribution in [2.75, 3.05) is 7.11 Å². The first-order chi connectivity index (χ1) is 6.47. The molecule has 0 aromatic carbocycles. The van der Waals surface area contributed by atoms with E-state index in [-0.39, 0.29) is 23.8 Å². The van der Waals surface area contributed by atoms with E-state index in [1.165, 1.54) is 14.0 Å². The first-order valence-corrected chi connectivity index (χ1v) is 4.80. The van der Waals surface area contributed by atoms with Gasteiger partial charge in [-0.3, -0.25) is 4.79 Å². The smallest absolute Gasteiger partial charge is 0.322 e. The molecule has 0 bridgehead atoms. The molecule has 0 aromatic heterocycles. The Morgan fingerprint density at radius 1 is 1.36 bits per heavy atom. The molecule has 0 amide bonds. The second-order valence-corrected chi connectivity index (χ2v) is 3.64. The van der Waals surface area contributed by atoms with Gasteiger partial charge in [0.1, 0.15) is 11.8 Å². The fourth-order valence-electron chi connectivity index (χ4n) is 1.16. The number of carbonyl (C=O) groups excluding carboxylic acids is 2. The van der Waals surface area contributed by atoms with Crippen LogP contribution < -0.4 is 5.32 Å². The molecule has 82 valence electrons. The van der Waals surface area contributed by atoms with Crippen LogP contribution in [-0.2, 0) is 14.3 Å². The van der Waals surface area contributed by atoms with E-state index in [0.29, 0.717) is 12.8 Å². The molecule has 14 heavy (non-hydrogen) atoms. The first-order valence-electron chi connectivity index (χ1n) is 4.80. The average Bonchev–Trinajstić information content (AvgIpc) is 2.10. The lowest BCUT2D eigenvalue weighted by Gasteiger charge is -2.18. The van der Waals surface area contributed by atoms with E-state index in [4.69, 9.17) is 0 Å². The van der Waals surface area contributed by atoms with Crippen LogP contribution in [0.3, 0.4) is 0 Å². The van der Waals surface area contributed by atoms with E-state index in [2.05, 4.69) is 10.1 Å². The van der Waals surface area contributed by atoms with Gasteiger partial charge in [0.25, 0.3) is 0 Å². The summed E-state index contributed by atoms with van der Waals surface area (Å²) in [7, 11) is 1.35. The Kier molecular flexibility index (Phi) is 6.12. The summed E-state index contributed by atoms with van der Waals surface area (Å²) < 4.78 is 4.63. The van der Waals surface area contributed by atoms with Gasteiger partial charge in [0.2, 0.25) is 0 Å². The van der Waals surface area contributed by atoms with Crippen LogP contribution in [-0.4, -0.2) is 30.9 Å². The Labute approximate surface area is 85.0 Å². The van der Waals surface area contributed by atoms with Crippen LogP contribution in [0.25, 0.3) is 0 Å². The lowest BCUT2D eigenvalue weighted by molar-refractivity contribution is -0.143. The molecule has 4 heteroatoms. The van der Waals surface area contributed by atoms with E-state index in [1.54, 1.807) is 0 Å². The molecule has 1 N–H and O–H groups in total. The van der Waals surface area contributed by atoms with Gasteiger partial charge in [-0.15, -0.1) is 0 Å². The summed E-state index contributed by atoms with van der Waals surface area (Å²) in [6.45, 7) is 5.41. The van der Waals surface area contributed by atoms with E-state index < -0.39 is 0 Å². The van der Waals surface area contributed by atoms with E-state index in [1.807, 2.05) is 13.8 Å². The number of rotatable bonds is 6. The summed E-state index contributed by atoms with van der Waals surface area (Å²) in [4.78, 5) is 22.0. The maximum absolute atomic E-state index is 11.3. The van der Waals surface area contributed by atoms with Crippen molar-refractivity contribution in [1.82, 2.24) is 5.32 Å². The van der Waals surface area contributed by atoms with Gasteiger partial charge < -0.3 is 14.8 Å². The molecule has 0 radical (unpaired) electrons. The SMILES string of the molecule is COC(=O)[C@@H](CCC(C)=O)NC(C)C. The summed E-state index contributed by atoms with van der Waals surface area (Å²) in [5.74, 6) is -0.218. The van der Waals surface area contributed by atoms with Crippen molar-refractivity contribution in [3.05, 3.63) is 0 Å². The predicted molar refractivity (Wildman–Crippen MR) is 54.0 cm³/mol. The van der Waals surface area contributed by atoms with E-state index in [0.717, 1.165) is 0 Å². The molecule has 0 fully saturated rings. The zero-order valence-corrected chi connectivity index (χ0v) is 9.29. The number of Topliss-reactive ketones (excluding diaryl/α,β-unsaturated/α-hetero) is 1. The van der Waals surface area contributed by atoms with Gasteiger partial charge in [-0.05, 0) is 13.3 Å². The molecule has 0 saturated heterocycles. The summed E-state index contributed by atoms with van der Waals surface area (Å²) in [6.07, 6.45) is 0.902. The molecule has 0 spiro atoms. The van der Waals surface area contributed by atoms with Crippen LogP contribution in [0.2, 0.25) is 0 Å². The fourth-order valence-corrected chi connectivity index (χ4v) is 1.16. The summed E-state index contributed by atoms with van der Waals surface area (Å²) >= 11 is 0. The molecule has 0 unspecified atom stereocenters. The van der Waals surface area contributed by atoms with Gasteiger partial charge in [0.05, 0.1) is 7.11 Å². The molecule has 0 aromatic rings.